The van der Waals surface area contributed by atoms with E-state index in [9.17, 15) is 9.59 Å². The molecule has 0 saturated carbocycles. The molecule has 0 spiro atoms. The first-order chi connectivity index (χ1) is 12.0. The van der Waals surface area contributed by atoms with Crippen molar-refractivity contribution < 1.29 is 19.1 Å². The average molecular weight is 349 g/mol. The summed E-state index contributed by atoms with van der Waals surface area (Å²) in [5.41, 5.74) is 6.00. The summed E-state index contributed by atoms with van der Waals surface area (Å²) in [5, 5.41) is 0. The highest BCUT2D eigenvalue weighted by atomic mass is 16.5. The van der Waals surface area contributed by atoms with Crippen LogP contribution in [0.2, 0.25) is 0 Å². The number of likely N-dealkylation sites (N-methyl/N-ethyl adjacent to an activating group) is 1. The van der Waals surface area contributed by atoms with E-state index in [2.05, 4.69) is 0 Å². The summed E-state index contributed by atoms with van der Waals surface area (Å²) in [5.74, 6) is 0.916. The second-order valence-electron chi connectivity index (χ2n) is 6.04. The molecule has 138 valence electrons. The molecule has 0 radical (unpaired) electrons. The van der Waals surface area contributed by atoms with Crippen LogP contribution >= 0.6 is 0 Å². The van der Waals surface area contributed by atoms with Crippen LogP contribution in [0.25, 0.3) is 0 Å². The molecule has 2 rings (SSSR count). The minimum absolute atomic E-state index is 0.0484. The molecule has 7 heteroatoms. The molecule has 2 amide bonds. The van der Waals surface area contributed by atoms with E-state index in [-0.39, 0.29) is 24.5 Å². The van der Waals surface area contributed by atoms with E-state index < -0.39 is 6.04 Å². The van der Waals surface area contributed by atoms with Crippen LogP contribution in [0.3, 0.4) is 0 Å². The summed E-state index contributed by atoms with van der Waals surface area (Å²) in [6, 6.07) is 6.36. The standard InChI is InChI=1S/C18H27N3O4/c1-4-20(5-2)18(23)16-9-13(19)11-21(16)17(22)12-25-15-8-6-7-14(10-15)24-3/h6-8,10,13,16H,4-5,9,11-12,19H2,1-3H3/t13-,16+/m1/s1. The molecule has 0 aliphatic carbocycles. The maximum absolute atomic E-state index is 12.6. The second kappa shape index (κ2) is 8.71. The Morgan fingerprint density at radius 2 is 1.96 bits per heavy atom. The number of rotatable bonds is 7. The Morgan fingerprint density at radius 3 is 2.60 bits per heavy atom. The van der Waals surface area contributed by atoms with E-state index >= 15 is 0 Å². The molecule has 1 heterocycles. The van der Waals surface area contributed by atoms with Gasteiger partial charge in [0.1, 0.15) is 17.5 Å². The van der Waals surface area contributed by atoms with Gasteiger partial charge in [-0.15, -0.1) is 0 Å². The van der Waals surface area contributed by atoms with E-state index in [0.29, 0.717) is 37.6 Å². The number of nitrogens with two attached hydrogens (primary N) is 1. The van der Waals surface area contributed by atoms with Gasteiger partial charge in [-0.1, -0.05) is 6.07 Å². The third-order valence-electron chi connectivity index (χ3n) is 4.42. The quantitative estimate of drug-likeness (QED) is 0.789. The minimum Gasteiger partial charge on any atom is -0.497 e. The number of ether oxygens (including phenoxy) is 2. The summed E-state index contributed by atoms with van der Waals surface area (Å²) in [7, 11) is 1.57. The van der Waals surface area contributed by atoms with Gasteiger partial charge in [-0.25, -0.2) is 0 Å². The summed E-state index contributed by atoms with van der Waals surface area (Å²) in [6.07, 6.45) is 0.486. The zero-order valence-electron chi connectivity index (χ0n) is 15.1. The van der Waals surface area contributed by atoms with Crippen molar-refractivity contribution in [3.8, 4) is 11.5 Å². The molecule has 1 aromatic carbocycles. The average Bonchev–Trinajstić information content (AvgIpc) is 3.02. The lowest BCUT2D eigenvalue weighted by molar-refractivity contribution is -0.144. The number of benzene rings is 1. The third kappa shape index (κ3) is 4.63. The van der Waals surface area contributed by atoms with Gasteiger partial charge in [0.2, 0.25) is 5.91 Å². The van der Waals surface area contributed by atoms with Gasteiger partial charge in [-0.2, -0.15) is 0 Å². The lowest BCUT2D eigenvalue weighted by Gasteiger charge is -2.28. The molecule has 1 fully saturated rings. The molecule has 7 nitrogen and oxygen atoms in total. The van der Waals surface area contributed by atoms with Crippen LogP contribution in [0.1, 0.15) is 20.3 Å². The van der Waals surface area contributed by atoms with Gasteiger partial charge in [0, 0.05) is 31.7 Å². The maximum Gasteiger partial charge on any atom is 0.261 e. The Kier molecular flexibility index (Phi) is 6.64. The number of hydrogen-bond acceptors (Lipinski definition) is 5. The Labute approximate surface area is 148 Å². The highest BCUT2D eigenvalue weighted by Gasteiger charge is 2.39. The number of amides is 2. The first-order valence-corrected chi connectivity index (χ1v) is 8.60. The van der Waals surface area contributed by atoms with E-state index in [4.69, 9.17) is 15.2 Å². The number of carbonyl (C=O) groups is 2. The zero-order chi connectivity index (χ0) is 18.4. The molecular weight excluding hydrogens is 322 g/mol. The highest BCUT2D eigenvalue weighted by Crippen LogP contribution is 2.21. The second-order valence-corrected chi connectivity index (χ2v) is 6.04. The van der Waals surface area contributed by atoms with Gasteiger partial charge < -0.3 is 25.0 Å². The largest absolute Gasteiger partial charge is 0.497 e. The topological polar surface area (TPSA) is 85.1 Å². The number of methoxy groups -OCH3 is 1. The molecule has 0 aromatic heterocycles. The van der Waals surface area contributed by atoms with E-state index in [0.717, 1.165) is 0 Å². The van der Waals surface area contributed by atoms with E-state index in [1.165, 1.54) is 0 Å². The molecule has 0 unspecified atom stereocenters. The molecule has 0 bridgehead atoms. The molecular formula is C18H27N3O4. The fourth-order valence-corrected chi connectivity index (χ4v) is 3.04. The van der Waals surface area contributed by atoms with Crippen LogP contribution in [0, 0.1) is 0 Å². The maximum atomic E-state index is 12.6. The van der Waals surface area contributed by atoms with Crippen molar-refractivity contribution in [2.45, 2.75) is 32.4 Å². The van der Waals surface area contributed by atoms with Crippen LogP contribution in [0.15, 0.2) is 24.3 Å². The number of nitrogens with zero attached hydrogens (tertiary/aromatic N) is 2. The predicted molar refractivity (Wildman–Crippen MR) is 94.5 cm³/mol. The fourth-order valence-electron chi connectivity index (χ4n) is 3.04. The van der Waals surface area contributed by atoms with Gasteiger partial charge >= 0.3 is 0 Å². The SMILES string of the molecule is CCN(CC)C(=O)[C@@H]1C[C@@H](N)CN1C(=O)COc1cccc(OC)c1. The van der Waals surface area contributed by atoms with Crippen LogP contribution in [-0.4, -0.2) is 67.0 Å². The number of hydrogen-bond donors (Lipinski definition) is 1. The first-order valence-electron chi connectivity index (χ1n) is 8.60. The lowest BCUT2D eigenvalue weighted by atomic mass is 10.1. The number of likely N-dealkylation sites (tertiary alicyclic amines) is 1. The van der Waals surface area contributed by atoms with Crippen LogP contribution in [0.5, 0.6) is 11.5 Å². The van der Waals surface area contributed by atoms with Crippen molar-refractivity contribution in [3.63, 3.8) is 0 Å². The Balaban J connectivity index is 2.01. The van der Waals surface area contributed by atoms with Gasteiger partial charge in [0.05, 0.1) is 7.11 Å². The molecule has 2 N–H and O–H groups in total. The summed E-state index contributed by atoms with van der Waals surface area (Å²) < 4.78 is 10.7. The van der Waals surface area contributed by atoms with Gasteiger partial charge in [-0.3, -0.25) is 9.59 Å². The molecule has 25 heavy (non-hydrogen) atoms. The Bertz CT molecular complexity index is 604. The summed E-state index contributed by atoms with van der Waals surface area (Å²) in [4.78, 5) is 28.5. The van der Waals surface area contributed by atoms with Gasteiger partial charge in [0.15, 0.2) is 6.61 Å². The zero-order valence-corrected chi connectivity index (χ0v) is 15.1. The van der Waals surface area contributed by atoms with Crippen molar-refractivity contribution in [3.05, 3.63) is 24.3 Å². The highest BCUT2D eigenvalue weighted by molar-refractivity contribution is 5.89. The smallest absolute Gasteiger partial charge is 0.261 e. The lowest BCUT2D eigenvalue weighted by Crippen LogP contribution is -2.48. The molecule has 1 aliphatic heterocycles. The first kappa shape index (κ1) is 19.1. The third-order valence-corrected chi connectivity index (χ3v) is 4.42. The van der Waals surface area contributed by atoms with Crippen molar-refractivity contribution in [1.29, 1.82) is 0 Å². The fraction of sp³-hybridized carbons (Fsp3) is 0.556. The molecule has 1 saturated heterocycles. The normalized spacial score (nSPS) is 19.6. The van der Waals surface area contributed by atoms with Crippen molar-refractivity contribution in [2.24, 2.45) is 5.73 Å². The van der Waals surface area contributed by atoms with Crippen molar-refractivity contribution in [2.75, 3.05) is 33.4 Å². The molecule has 1 aliphatic rings. The van der Waals surface area contributed by atoms with Crippen LogP contribution in [-0.2, 0) is 9.59 Å². The summed E-state index contributed by atoms with van der Waals surface area (Å²) >= 11 is 0. The number of carbonyl (C=O) groups excluding carboxylic acids is 2. The van der Waals surface area contributed by atoms with E-state index in [1.54, 1.807) is 41.2 Å². The predicted octanol–water partition coefficient (Wildman–Crippen LogP) is 0.871. The van der Waals surface area contributed by atoms with Gasteiger partial charge in [-0.05, 0) is 32.4 Å². The Hall–Kier alpha value is -2.28. The van der Waals surface area contributed by atoms with E-state index in [1.807, 2.05) is 13.8 Å². The molecule has 1 aromatic rings. The van der Waals surface area contributed by atoms with Crippen molar-refractivity contribution >= 4 is 11.8 Å². The van der Waals surface area contributed by atoms with Gasteiger partial charge in [0.25, 0.3) is 5.91 Å². The van der Waals surface area contributed by atoms with Crippen molar-refractivity contribution in [1.82, 2.24) is 9.80 Å². The van der Waals surface area contributed by atoms with Crippen LogP contribution < -0.4 is 15.2 Å². The summed E-state index contributed by atoms with van der Waals surface area (Å²) in [6.45, 7) is 5.31. The van der Waals surface area contributed by atoms with Crippen LogP contribution in [0.4, 0.5) is 0 Å². The molecule has 2 atom stereocenters. The Morgan fingerprint density at radius 1 is 1.28 bits per heavy atom. The minimum atomic E-state index is -0.503. The monoisotopic (exact) mass is 349 g/mol.